The number of nitrogens with zero attached hydrogens (tertiary/aromatic N) is 1. The van der Waals surface area contributed by atoms with Crippen LogP contribution in [0.4, 0.5) is 0 Å². The van der Waals surface area contributed by atoms with Gasteiger partial charge >= 0.3 is 0 Å². The van der Waals surface area contributed by atoms with Crippen LogP contribution < -0.4 is 14.8 Å². The Morgan fingerprint density at radius 3 is 2.26 bits per heavy atom. The Bertz CT molecular complexity index is 1070. The van der Waals surface area contributed by atoms with Crippen LogP contribution >= 0.6 is 0 Å². The molecule has 31 heavy (non-hydrogen) atoms. The maximum Gasteiger partial charge on any atom is 0.262 e. The highest BCUT2D eigenvalue weighted by atomic mass is 16.5. The molecule has 0 bridgehead atoms. The van der Waals surface area contributed by atoms with Crippen LogP contribution in [0.25, 0.3) is 6.08 Å². The summed E-state index contributed by atoms with van der Waals surface area (Å²) in [5.74, 6) is 0.748. The summed E-state index contributed by atoms with van der Waals surface area (Å²) < 4.78 is 11.6. The predicted octanol–water partition coefficient (Wildman–Crippen LogP) is 4.89. The largest absolute Gasteiger partial charge is 0.490 e. The Hall–Kier alpha value is -4.04. The van der Waals surface area contributed by atoms with Crippen molar-refractivity contribution in [2.45, 2.75) is 20.1 Å². The fourth-order valence-corrected chi connectivity index (χ4v) is 2.93. The summed E-state index contributed by atoms with van der Waals surface area (Å²) in [4.78, 5) is 12.4. The molecule has 1 amide bonds. The summed E-state index contributed by atoms with van der Waals surface area (Å²) >= 11 is 0. The van der Waals surface area contributed by atoms with E-state index < -0.39 is 5.91 Å². The van der Waals surface area contributed by atoms with E-state index in [0.29, 0.717) is 36.8 Å². The number of carbonyl (C=O) groups excluding carboxylic acids is 1. The Labute approximate surface area is 182 Å². The molecule has 0 radical (unpaired) electrons. The van der Waals surface area contributed by atoms with Gasteiger partial charge in [0.2, 0.25) is 0 Å². The molecule has 3 rings (SSSR count). The van der Waals surface area contributed by atoms with Crippen molar-refractivity contribution in [2.24, 2.45) is 0 Å². The SMILES string of the molecule is CCOc1cc(/C=C(\C#N)C(=O)NCc2ccccc2)ccc1OCc1ccccc1. The maximum absolute atomic E-state index is 12.4. The number of ether oxygens (including phenoxy) is 2. The van der Waals surface area contributed by atoms with Gasteiger partial charge in [-0.15, -0.1) is 0 Å². The van der Waals surface area contributed by atoms with Gasteiger partial charge in [-0.25, -0.2) is 0 Å². The molecule has 3 aromatic carbocycles. The van der Waals surface area contributed by atoms with Gasteiger partial charge in [0, 0.05) is 6.54 Å². The van der Waals surface area contributed by atoms with Crippen LogP contribution in [0, 0.1) is 11.3 Å². The fourth-order valence-electron chi connectivity index (χ4n) is 2.93. The van der Waals surface area contributed by atoms with Crippen LogP contribution in [-0.2, 0) is 17.9 Å². The van der Waals surface area contributed by atoms with E-state index in [0.717, 1.165) is 11.1 Å². The molecule has 0 heterocycles. The number of hydrogen-bond donors (Lipinski definition) is 1. The summed E-state index contributed by atoms with van der Waals surface area (Å²) in [5.41, 5.74) is 2.72. The molecule has 3 aromatic rings. The molecular formula is C26H24N2O3. The molecule has 0 unspecified atom stereocenters. The number of carbonyl (C=O) groups is 1. The predicted molar refractivity (Wildman–Crippen MR) is 120 cm³/mol. The molecule has 0 aliphatic carbocycles. The topological polar surface area (TPSA) is 71.3 Å². The first kappa shape index (κ1) is 21.7. The van der Waals surface area contributed by atoms with Crippen molar-refractivity contribution in [3.8, 4) is 17.6 Å². The van der Waals surface area contributed by atoms with Crippen molar-refractivity contribution in [3.05, 3.63) is 101 Å². The van der Waals surface area contributed by atoms with E-state index in [1.807, 2.05) is 73.7 Å². The van der Waals surface area contributed by atoms with Gasteiger partial charge < -0.3 is 14.8 Å². The van der Waals surface area contributed by atoms with Gasteiger partial charge in [0.05, 0.1) is 6.61 Å². The normalized spacial score (nSPS) is 10.8. The molecule has 0 atom stereocenters. The number of rotatable bonds is 9. The van der Waals surface area contributed by atoms with Gasteiger partial charge in [0.1, 0.15) is 18.2 Å². The van der Waals surface area contributed by atoms with Gasteiger partial charge in [0.25, 0.3) is 5.91 Å². The summed E-state index contributed by atoms with van der Waals surface area (Å²) in [6, 6.07) is 26.7. The molecule has 0 saturated heterocycles. The third kappa shape index (κ3) is 6.48. The van der Waals surface area contributed by atoms with E-state index in [1.165, 1.54) is 0 Å². The third-order valence-corrected chi connectivity index (χ3v) is 4.48. The number of benzene rings is 3. The average Bonchev–Trinajstić information content (AvgIpc) is 2.82. The van der Waals surface area contributed by atoms with Gasteiger partial charge in [-0.3, -0.25) is 4.79 Å². The molecule has 5 heteroatoms. The zero-order valence-corrected chi connectivity index (χ0v) is 17.4. The lowest BCUT2D eigenvalue weighted by Crippen LogP contribution is -2.23. The monoisotopic (exact) mass is 412 g/mol. The van der Waals surface area contributed by atoms with Crippen molar-refractivity contribution in [3.63, 3.8) is 0 Å². The van der Waals surface area contributed by atoms with Crippen LogP contribution in [-0.4, -0.2) is 12.5 Å². The summed E-state index contributed by atoms with van der Waals surface area (Å²) in [6.07, 6.45) is 1.55. The second kappa shape index (κ2) is 11.2. The second-order valence-electron chi connectivity index (χ2n) is 6.75. The summed E-state index contributed by atoms with van der Waals surface area (Å²) in [5, 5.41) is 12.2. The first-order valence-corrected chi connectivity index (χ1v) is 10.1. The van der Waals surface area contributed by atoms with Gasteiger partial charge in [0.15, 0.2) is 11.5 Å². The molecule has 1 N–H and O–H groups in total. The minimum Gasteiger partial charge on any atom is -0.490 e. The standard InChI is InChI=1S/C26H24N2O3/c1-2-30-25-16-22(13-14-24(25)31-19-21-11-7-4-8-12-21)15-23(17-27)26(29)28-18-20-9-5-3-6-10-20/h3-16H,2,18-19H2,1H3,(H,28,29)/b23-15+. The molecule has 0 saturated carbocycles. The zero-order valence-electron chi connectivity index (χ0n) is 17.4. The minimum absolute atomic E-state index is 0.0244. The van der Waals surface area contributed by atoms with Crippen LogP contribution in [0.1, 0.15) is 23.6 Å². The van der Waals surface area contributed by atoms with Crippen molar-refractivity contribution >= 4 is 12.0 Å². The highest BCUT2D eigenvalue weighted by molar-refractivity contribution is 6.01. The van der Waals surface area contributed by atoms with E-state index in [4.69, 9.17) is 9.47 Å². The Morgan fingerprint density at radius 1 is 0.935 bits per heavy atom. The van der Waals surface area contributed by atoms with Gasteiger partial charge in [-0.2, -0.15) is 5.26 Å². The lowest BCUT2D eigenvalue weighted by molar-refractivity contribution is -0.117. The quantitative estimate of drug-likeness (QED) is 0.401. The Balaban J connectivity index is 1.72. The number of nitriles is 1. The van der Waals surface area contributed by atoms with Crippen LogP contribution in [0.15, 0.2) is 84.4 Å². The van der Waals surface area contributed by atoms with Crippen molar-refractivity contribution < 1.29 is 14.3 Å². The summed E-state index contributed by atoms with van der Waals surface area (Å²) in [7, 11) is 0. The summed E-state index contributed by atoms with van der Waals surface area (Å²) in [6.45, 7) is 3.13. The second-order valence-corrected chi connectivity index (χ2v) is 6.75. The number of nitrogens with one attached hydrogen (secondary N) is 1. The molecule has 0 aliphatic heterocycles. The average molecular weight is 412 g/mol. The van der Waals surface area contributed by atoms with Gasteiger partial charge in [-0.05, 0) is 41.8 Å². The fraction of sp³-hybridized carbons (Fsp3) is 0.154. The lowest BCUT2D eigenvalue weighted by atomic mass is 10.1. The first-order valence-electron chi connectivity index (χ1n) is 10.1. The van der Waals surface area contributed by atoms with E-state index in [9.17, 15) is 10.1 Å². The number of amides is 1. The molecule has 0 spiro atoms. The Kier molecular flexibility index (Phi) is 7.84. The van der Waals surface area contributed by atoms with Crippen molar-refractivity contribution in [1.29, 1.82) is 5.26 Å². The van der Waals surface area contributed by atoms with E-state index in [-0.39, 0.29) is 5.57 Å². The molecular weight excluding hydrogens is 388 g/mol. The zero-order chi connectivity index (χ0) is 21.9. The maximum atomic E-state index is 12.4. The lowest BCUT2D eigenvalue weighted by Gasteiger charge is -2.13. The third-order valence-electron chi connectivity index (χ3n) is 4.48. The van der Waals surface area contributed by atoms with E-state index >= 15 is 0 Å². The van der Waals surface area contributed by atoms with Gasteiger partial charge in [-0.1, -0.05) is 66.7 Å². The van der Waals surface area contributed by atoms with E-state index in [1.54, 1.807) is 24.3 Å². The van der Waals surface area contributed by atoms with Crippen molar-refractivity contribution in [1.82, 2.24) is 5.32 Å². The van der Waals surface area contributed by atoms with Crippen molar-refractivity contribution in [2.75, 3.05) is 6.61 Å². The Morgan fingerprint density at radius 2 is 1.61 bits per heavy atom. The molecule has 0 aromatic heterocycles. The first-order chi connectivity index (χ1) is 15.2. The molecule has 0 aliphatic rings. The highest BCUT2D eigenvalue weighted by Crippen LogP contribution is 2.30. The van der Waals surface area contributed by atoms with Crippen LogP contribution in [0.2, 0.25) is 0 Å². The smallest absolute Gasteiger partial charge is 0.262 e. The highest BCUT2D eigenvalue weighted by Gasteiger charge is 2.11. The number of hydrogen-bond acceptors (Lipinski definition) is 4. The van der Waals surface area contributed by atoms with Crippen LogP contribution in [0.3, 0.4) is 0 Å². The van der Waals surface area contributed by atoms with Crippen LogP contribution in [0.5, 0.6) is 11.5 Å². The molecule has 156 valence electrons. The molecule has 5 nitrogen and oxygen atoms in total. The molecule has 0 fully saturated rings. The minimum atomic E-state index is -0.422. The van der Waals surface area contributed by atoms with E-state index in [2.05, 4.69) is 5.32 Å².